The number of pyridine rings is 1. The van der Waals surface area contributed by atoms with Crippen molar-refractivity contribution < 1.29 is 4.79 Å². The molecule has 0 bridgehead atoms. The zero-order valence-electron chi connectivity index (χ0n) is 11.0. The minimum atomic E-state index is -0.0134. The van der Waals surface area contributed by atoms with Gasteiger partial charge >= 0.3 is 0 Å². The van der Waals surface area contributed by atoms with E-state index in [0.29, 0.717) is 0 Å². The maximum absolute atomic E-state index is 11.4. The molecule has 2 aromatic rings. The highest BCUT2D eigenvalue weighted by Gasteiger charge is 2.14. The molecule has 0 N–H and O–H groups in total. The van der Waals surface area contributed by atoms with Crippen LogP contribution in [0.3, 0.4) is 0 Å². The predicted molar refractivity (Wildman–Crippen MR) is 69.9 cm³/mol. The minimum Gasteiger partial charge on any atom is -0.313 e. The molecule has 0 aliphatic heterocycles. The van der Waals surface area contributed by atoms with E-state index in [1.165, 1.54) is 6.92 Å². The van der Waals surface area contributed by atoms with E-state index in [1.807, 2.05) is 26.1 Å². The Morgan fingerprint density at radius 1 is 1.39 bits per heavy atom. The molecule has 0 atom stereocenters. The zero-order valence-corrected chi connectivity index (χ0v) is 11.0. The van der Waals surface area contributed by atoms with Gasteiger partial charge in [-0.05, 0) is 25.5 Å². The summed E-state index contributed by atoms with van der Waals surface area (Å²) in [6.45, 7) is 5.42. The Morgan fingerprint density at radius 2 is 2.11 bits per heavy atom. The maximum atomic E-state index is 11.4. The van der Waals surface area contributed by atoms with Crippen LogP contribution in [0.25, 0.3) is 5.69 Å². The number of carbonyl (C=O) groups excluding carboxylic acids is 1. The number of amides is 1. The molecule has 0 saturated carbocycles. The molecule has 2 heterocycles. The Labute approximate surface area is 106 Å². The highest BCUT2D eigenvalue weighted by atomic mass is 16.2. The lowest BCUT2D eigenvalue weighted by Gasteiger charge is -2.12. The van der Waals surface area contributed by atoms with Crippen molar-refractivity contribution in [1.82, 2.24) is 14.8 Å². The van der Waals surface area contributed by atoms with E-state index >= 15 is 0 Å². The highest BCUT2D eigenvalue weighted by Crippen LogP contribution is 2.21. The third-order valence-electron chi connectivity index (χ3n) is 2.96. The van der Waals surface area contributed by atoms with E-state index < -0.39 is 0 Å². The van der Waals surface area contributed by atoms with Crippen LogP contribution >= 0.6 is 0 Å². The number of aryl methyl sites for hydroxylation is 2. The third-order valence-corrected chi connectivity index (χ3v) is 2.96. The summed E-state index contributed by atoms with van der Waals surface area (Å²) in [5.74, 6) is -0.0134. The second kappa shape index (κ2) is 4.60. The summed E-state index contributed by atoms with van der Waals surface area (Å²) < 4.78 is 1.76. The Kier molecular flexibility index (Phi) is 3.14. The third kappa shape index (κ3) is 2.11. The van der Waals surface area contributed by atoms with E-state index in [9.17, 15) is 4.79 Å². The predicted octanol–water partition coefficient (Wildman–Crippen LogP) is 1.87. The normalized spacial score (nSPS) is 10.4. The van der Waals surface area contributed by atoms with Gasteiger partial charge in [0.25, 0.3) is 0 Å². The standard InChI is InChI=1S/C13H16N4O/c1-9-5-6-14-7-12(9)17-8-13(10(2)15-17)16(4)11(3)18/h5-8H,1-4H3. The summed E-state index contributed by atoms with van der Waals surface area (Å²) >= 11 is 0. The highest BCUT2D eigenvalue weighted by molar-refractivity contribution is 5.91. The number of rotatable bonds is 2. The van der Waals surface area contributed by atoms with E-state index in [0.717, 1.165) is 22.6 Å². The largest absolute Gasteiger partial charge is 0.313 e. The van der Waals surface area contributed by atoms with Crippen LogP contribution in [-0.4, -0.2) is 27.7 Å². The topological polar surface area (TPSA) is 51.0 Å². The van der Waals surface area contributed by atoms with E-state index in [4.69, 9.17) is 0 Å². The Balaban J connectivity index is 2.47. The van der Waals surface area contributed by atoms with Gasteiger partial charge in [0, 0.05) is 20.2 Å². The van der Waals surface area contributed by atoms with Crippen molar-refractivity contribution >= 4 is 11.6 Å². The molecule has 0 spiro atoms. The van der Waals surface area contributed by atoms with Gasteiger partial charge in [-0.25, -0.2) is 4.68 Å². The molecule has 0 aliphatic carbocycles. The van der Waals surface area contributed by atoms with Gasteiger partial charge in [0.1, 0.15) is 0 Å². The molecule has 0 radical (unpaired) electrons. The molecular formula is C13H16N4O. The molecule has 1 amide bonds. The molecule has 94 valence electrons. The van der Waals surface area contributed by atoms with E-state index in [-0.39, 0.29) is 5.91 Å². The van der Waals surface area contributed by atoms with Crippen molar-refractivity contribution in [2.75, 3.05) is 11.9 Å². The average molecular weight is 244 g/mol. The van der Waals surface area contributed by atoms with Crippen molar-refractivity contribution in [3.8, 4) is 5.69 Å². The van der Waals surface area contributed by atoms with E-state index in [2.05, 4.69) is 10.1 Å². The molecule has 0 fully saturated rings. The zero-order chi connectivity index (χ0) is 13.3. The number of carbonyl (C=O) groups is 1. The van der Waals surface area contributed by atoms with Crippen LogP contribution in [0.4, 0.5) is 5.69 Å². The summed E-state index contributed by atoms with van der Waals surface area (Å²) in [4.78, 5) is 17.1. The smallest absolute Gasteiger partial charge is 0.223 e. The van der Waals surface area contributed by atoms with Crippen LogP contribution in [0, 0.1) is 13.8 Å². The SMILES string of the molecule is CC(=O)N(C)c1cn(-c2cnccc2C)nc1C. The summed E-state index contributed by atoms with van der Waals surface area (Å²) in [6, 6.07) is 1.93. The summed E-state index contributed by atoms with van der Waals surface area (Å²) in [5.41, 5.74) is 3.63. The van der Waals surface area contributed by atoms with Crippen molar-refractivity contribution in [2.24, 2.45) is 0 Å². The van der Waals surface area contributed by atoms with Crippen LogP contribution in [-0.2, 0) is 4.79 Å². The van der Waals surface area contributed by atoms with Gasteiger partial charge in [-0.15, -0.1) is 0 Å². The fraction of sp³-hybridized carbons (Fsp3) is 0.308. The van der Waals surface area contributed by atoms with Crippen LogP contribution in [0.5, 0.6) is 0 Å². The van der Waals surface area contributed by atoms with E-state index in [1.54, 1.807) is 29.0 Å². The number of nitrogens with zero attached hydrogens (tertiary/aromatic N) is 4. The molecule has 0 unspecified atom stereocenters. The molecule has 5 heteroatoms. The number of aromatic nitrogens is 3. The van der Waals surface area contributed by atoms with Crippen LogP contribution in [0.15, 0.2) is 24.7 Å². The quantitative estimate of drug-likeness (QED) is 0.810. The van der Waals surface area contributed by atoms with Crippen LogP contribution in [0.1, 0.15) is 18.2 Å². The van der Waals surface area contributed by atoms with Crippen molar-refractivity contribution in [2.45, 2.75) is 20.8 Å². The molecule has 0 saturated heterocycles. The van der Waals surface area contributed by atoms with Gasteiger partial charge in [0.2, 0.25) is 5.91 Å². The summed E-state index contributed by atoms with van der Waals surface area (Å²) in [7, 11) is 1.74. The number of hydrogen-bond donors (Lipinski definition) is 0. The van der Waals surface area contributed by atoms with Crippen LogP contribution < -0.4 is 4.90 Å². The van der Waals surface area contributed by atoms with Crippen molar-refractivity contribution in [3.05, 3.63) is 35.9 Å². The first-order valence-electron chi connectivity index (χ1n) is 5.72. The van der Waals surface area contributed by atoms with Crippen molar-refractivity contribution in [1.29, 1.82) is 0 Å². The van der Waals surface area contributed by atoms with Gasteiger partial charge in [-0.2, -0.15) is 5.10 Å². The van der Waals surface area contributed by atoms with Gasteiger partial charge in [0.15, 0.2) is 0 Å². The molecule has 0 aromatic carbocycles. The Hall–Kier alpha value is -2.17. The fourth-order valence-electron chi connectivity index (χ4n) is 1.77. The maximum Gasteiger partial charge on any atom is 0.223 e. The van der Waals surface area contributed by atoms with Gasteiger partial charge in [0.05, 0.1) is 29.5 Å². The fourth-order valence-corrected chi connectivity index (χ4v) is 1.77. The first-order chi connectivity index (χ1) is 8.50. The molecule has 0 aliphatic rings. The van der Waals surface area contributed by atoms with Gasteiger partial charge in [-0.1, -0.05) is 0 Å². The van der Waals surface area contributed by atoms with Gasteiger partial charge < -0.3 is 4.90 Å². The van der Waals surface area contributed by atoms with Gasteiger partial charge in [-0.3, -0.25) is 9.78 Å². The lowest BCUT2D eigenvalue weighted by molar-refractivity contribution is -0.116. The summed E-state index contributed by atoms with van der Waals surface area (Å²) in [5, 5.41) is 4.43. The molecule has 18 heavy (non-hydrogen) atoms. The van der Waals surface area contributed by atoms with Crippen LogP contribution in [0.2, 0.25) is 0 Å². The average Bonchev–Trinajstić information content (AvgIpc) is 2.70. The molecule has 5 nitrogen and oxygen atoms in total. The second-order valence-electron chi connectivity index (χ2n) is 4.28. The first-order valence-corrected chi connectivity index (χ1v) is 5.72. The summed E-state index contributed by atoms with van der Waals surface area (Å²) in [6.07, 6.45) is 5.36. The first kappa shape index (κ1) is 12.3. The molecular weight excluding hydrogens is 228 g/mol. The molecule has 2 rings (SSSR count). The monoisotopic (exact) mass is 244 g/mol. The van der Waals surface area contributed by atoms with Crippen molar-refractivity contribution in [3.63, 3.8) is 0 Å². The lowest BCUT2D eigenvalue weighted by Crippen LogP contribution is -2.23. The molecule has 2 aromatic heterocycles. The minimum absolute atomic E-state index is 0.0134. The Morgan fingerprint density at radius 3 is 2.72 bits per heavy atom. The lowest BCUT2D eigenvalue weighted by atomic mass is 10.2. The second-order valence-corrected chi connectivity index (χ2v) is 4.28. The number of hydrogen-bond acceptors (Lipinski definition) is 3. The number of anilines is 1. The Bertz CT molecular complexity index is 588.